The SMILES string of the molecule is C=CCCCCCC1CCC(OC(=O)c2ccc(C=CC(=O)OCCc3cc(N)cc(N)c3)cc2)CC1. The van der Waals surface area contributed by atoms with Gasteiger partial charge in [-0.05, 0) is 92.0 Å². The van der Waals surface area contributed by atoms with Crippen LogP contribution < -0.4 is 11.5 Å². The van der Waals surface area contributed by atoms with Crippen LogP contribution in [-0.4, -0.2) is 24.6 Å². The summed E-state index contributed by atoms with van der Waals surface area (Å²) in [7, 11) is 0. The van der Waals surface area contributed by atoms with E-state index in [0.29, 0.717) is 23.4 Å². The summed E-state index contributed by atoms with van der Waals surface area (Å²) in [4.78, 5) is 24.6. The Labute approximate surface area is 220 Å². The Morgan fingerprint density at radius 1 is 0.946 bits per heavy atom. The molecule has 1 fully saturated rings. The lowest BCUT2D eigenvalue weighted by Gasteiger charge is -2.28. The smallest absolute Gasteiger partial charge is 0.338 e. The zero-order valence-electron chi connectivity index (χ0n) is 21.7. The third kappa shape index (κ3) is 10.2. The van der Waals surface area contributed by atoms with Crippen LogP contribution in [0.3, 0.4) is 0 Å². The van der Waals surface area contributed by atoms with Gasteiger partial charge in [0.2, 0.25) is 0 Å². The van der Waals surface area contributed by atoms with Gasteiger partial charge >= 0.3 is 11.9 Å². The average molecular weight is 505 g/mol. The van der Waals surface area contributed by atoms with Crippen molar-refractivity contribution in [3.8, 4) is 0 Å². The molecule has 0 amide bonds. The Kier molecular flexibility index (Phi) is 11.3. The Hall–Kier alpha value is -3.54. The van der Waals surface area contributed by atoms with Crippen molar-refractivity contribution in [2.45, 2.75) is 70.3 Å². The summed E-state index contributed by atoms with van der Waals surface area (Å²) in [6.45, 7) is 4.01. The van der Waals surface area contributed by atoms with Crippen molar-refractivity contribution in [3.63, 3.8) is 0 Å². The summed E-state index contributed by atoms with van der Waals surface area (Å²) in [5.74, 6) is 0.0325. The number of hydrogen-bond acceptors (Lipinski definition) is 6. The summed E-state index contributed by atoms with van der Waals surface area (Å²) in [5, 5.41) is 0. The van der Waals surface area contributed by atoms with Crippen molar-refractivity contribution in [2.24, 2.45) is 5.92 Å². The first kappa shape index (κ1) is 28.0. The number of rotatable bonds is 13. The second-order valence-electron chi connectivity index (χ2n) is 9.86. The number of benzene rings is 2. The predicted molar refractivity (Wildman–Crippen MR) is 150 cm³/mol. The summed E-state index contributed by atoms with van der Waals surface area (Å²) in [6, 6.07) is 12.3. The summed E-state index contributed by atoms with van der Waals surface area (Å²) >= 11 is 0. The monoisotopic (exact) mass is 504 g/mol. The van der Waals surface area contributed by atoms with Gasteiger partial charge in [-0.15, -0.1) is 6.58 Å². The van der Waals surface area contributed by atoms with Gasteiger partial charge in [-0.3, -0.25) is 0 Å². The van der Waals surface area contributed by atoms with Crippen LogP contribution in [0.4, 0.5) is 11.4 Å². The van der Waals surface area contributed by atoms with Crippen molar-refractivity contribution < 1.29 is 19.1 Å². The molecule has 198 valence electrons. The molecular weight excluding hydrogens is 464 g/mol. The van der Waals surface area contributed by atoms with Crippen LogP contribution in [0.15, 0.2) is 61.2 Å². The fourth-order valence-corrected chi connectivity index (χ4v) is 4.76. The molecule has 2 aromatic rings. The normalized spacial score (nSPS) is 17.4. The minimum Gasteiger partial charge on any atom is -0.462 e. The molecule has 0 heterocycles. The van der Waals surface area contributed by atoms with Crippen molar-refractivity contribution in [1.82, 2.24) is 0 Å². The zero-order chi connectivity index (χ0) is 26.5. The van der Waals surface area contributed by atoms with E-state index in [2.05, 4.69) is 6.58 Å². The first-order valence-electron chi connectivity index (χ1n) is 13.3. The van der Waals surface area contributed by atoms with E-state index in [9.17, 15) is 9.59 Å². The molecule has 6 heteroatoms. The van der Waals surface area contributed by atoms with Crippen LogP contribution in [0.1, 0.15) is 79.3 Å². The molecule has 0 atom stereocenters. The zero-order valence-corrected chi connectivity index (χ0v) is 21.7. The Bertz CT molecular complexity index is 1030. The minimum absolute atomic E-state index is 0.00243. The summed E-state index contributed by atoms with van der Waals surface area (Å²) in [5.41, 5.74) is 15.0. The number of nitrogens with two attached hydrogens (primary N) is 2. The number of esters is 2. The molecule has 0 bridgehead atoms. The van der Waals surface area contributed by atoms with E-state index in [1.807, 2.05) is 18.2 Å². The van der Waals surface area contributed by atoms with Gasteiger partial charge in [0.15, 0.2) is 0 Å². The van der Waals surface area contributed by atoms with Crippen LogP contribution in [0.5, 0.6) is 0 Å². The number of allylic oxidation sites excluding steroid dienone is 1. The standard InChI is InChI=1S/C31H40N2O4/c1-2-3-4-5-6-7-23-10-15-29(16-11-23)37-31(35)26-13-8-24(9-14-26)12-17-30(34)36-19-18-25-20-27(32)22-28(33)21-25/h2,8-9,12-14,17,20-23,29H,1,3-7,10-11,15-16,18-19,32-33H2. The van der Waals surface area contributed by atoms with Gasteiger partial charge in [0.1, 0.15) is 6.10 Å². The third-order valence-corrected chi connectivity index (χ3v) is 6.82. The molecule has 3 rings (SSSR count). The maximum atomic E-state index is 12.6. The van der Waals surface area contributed by atoms with Crippen molar-refractivity contribution in [1.29, 1.82) is 0 Å². The van der Waals surface area contributed by atoms with Crippen LogP contribution in [0, 0.1) is 5.92 Å². The lowest BCUT2D eigenvalue weighted by atomic mass is 9.84. The van der Waals surface area contributed by atoms with Crippen LogP contribution in [-0.2, 0) is 20.7 Å². The van der Waals surface area contributed by atoms with Gasteiger partial charge in [0.25, 0.3) is 0 Å². The summed E-state index contributed by atoms with van der Waals surface area (Å²) < 4.78 is 11.0. The fraction of sp³-hybridized carbons (Fsp3) is 0.419. The molecule has 1 aliphatic rings. The van der Waals surface area contributed by atoms with Crippen LogP contribution in [0.2, 0.25) is 0 Å². The number of anilines is 2. The highest BCUT2D eigenvalue weighted by Crippen LogP contribution is 2.30. The van der Waals surface area contributed by atoms with Crippen LogP contribution in [0.25, 0.3) is 6.08 Å². The summed E-state index contributed by atoms with van der Waals surface area (Å²) in [6.07, 6.45) is 15.9. The minimum atomic E-state index is -0.437. The van der Waals surface area contributed by atoms with Gasteiger partial charge in [0.05, 0.1) is 12.2 Å². The molecule has 0 spiro atoms. The van der Waals surface area contributed by atoms with Gasteiger partial charge in [-0.2, -0.15) is 0 Å². The van der Waals surface area contributed by atoms with E-state index in [1.54, 1.807) is 36.4 Å². The predicted octanol–water partition coefficient (Wildman–Crippen LogP) is 6.50. The lowest BCUT2D eigenvalue weighted by molar-refractivity contribution is -0.137. The average Bonchev–Trinajstić information content (AvgIpc) is 2.88. The van der Waals surface area contributed by atoms with E-state index in [0.717, 1.165) is 49.1 Å². The number of carbonyl (C=O) groups is 2. The maximum Gasteiger partial charge on any atom is 0.338 e. The lowest BCUT2D eigenvalue weighted by Crippen LogP contribution is -2.24. The quantitative estimate of drug-likeness (QED) is 0.106. The third-order valence-electron chi connectivity index (χ3n) is 6.82. The van der Waals surface area contributed by atoms with E-state index in [-0.39, 0.29) is 18.7 Å². The molecule has 4 N–H and O–H groups in total. The molecule has 0 aromatic heterocycles. The molecule has 1 aliphatic carbocycles. The fourth-order valence-electron chi connectivity index (χ4n) is 4.76. The maximum absolute atomic E-state index is 12.6. The van der Waals surface area contributed by atoms with Gasteiger partial charge in [0, 0.05) is 23.9 Å². The molecule has 1 saturated carbocycles. The van der Waals surface area contributed by atoms with E-state index >= 15 is 0 Å². The largest absolute Gasteiger partial charge is 0.462 e. The van der Waals surface area contributed by atoms with Gasteiger partial charge in [-0.1, -0.05) is 37.5 Å². The number of hydrogen-bond donors (Lipinski definition) is 2. The van der Waals surface area contributed by atoms with Crippen molar-refractivity contribution in [2.75, 3.05) is 18.1 Å². The Balaban J connectivity index is 1.35. The van der Waals surface area contributed by atoms with E-state index in [4.69, 9.17) is 20.9 Å². The Morgan fingerprint density at radius 3 is 2.32 bits per heavy atom. The molecule has 37 heavy (non-hydrogen) atoms. The van der Waals surface area contributed by atoms with Crippen molar-refractivity contribution in [3.05, 3.63) is 77.9 Å². The molecule has 0 radical (unpaired) electrons. The number of nitrogen functional groups attached to an aromatic ring is 2. The molecule has 2 aromatic carbocycles. The van der Waals surface area contributed by atoms with E-state index in [1.165, 1.54) is 31.8 Å². The number of ether oxygens (including phenoxy) is 2. The first-order chi connectivity index (χ1) is 17.9. The topological polar surface area (TPSA) is 105 Å². The molecule has 0 aliphatic heterocycles. The van der Waals surface area contributed by atoms with Crippen molar-refractivity contribution >= 4 is 29.4 Å². The highest BCUT2D eigenvalue weighted by Gasteiger charge is 2.24. The molecule has 6 nitrogen and oxygen atoms in total. The molecule has 0 unspecified atom stereocenters. The molecular formula is C31H40N2O4. The highest BCUT2D eigenvalue weighted by atomic mass is 16.5. The molecule has 0 saturated heterocycles. The second-order valence-corrected chi connectivity index (χ2v) is 9.86. The number of unbranched alkanes of at least 4 members (excludes halogenated alkanes) is 3. The van der Waals surface area contributed by atoms with Gasteiger partial charge < -0.3 is 20.9 Å². The second kappa shape index (κ2) is 14.9. The Morgan fingerprint density at radius 2 is 1.65 bits per heavy atom. The first-order valence-corrected chi connectivity index (χ1v) is 13.3. The van der Waals surface area contributed by atoms with Crippen LogP contribution >= 0.6 is 0 Å². The highest BCUT2D eigenvalue weighted by molar-refractivity contribution is 5.90. The van der Waals surface area contributed by atoms with Gasteiger partial charge in [-0.25, -0.2) is 9.59 Å². The van der Waals surface area contributed by atoms with E-state index < -0.39 is 5.97 Å². The number of carbonyl (C=O) groups excluding carboxylic acids is 2.